The van der Waals surface area contributed by atoms with Crippen molar-refractivity contribution in [2.75, 3.05) is 6.54 Å². The molecule has 0 aliphatic carbocycles. The minimum absolute atomic E-state index is 0.139. The molecule has 1 aliphatic heterocycles. The van der Waals surface area contributed by atoms with Gasteiger partial charge in [-0.3, -0.25) is 5.32 Å². The lowest BCUT2D eigenvalue weighted by atomic mass is 10.1. The maximum Gasteiger partial charge on any atom is 0.141 e. The molecule has 1 N–H and O–H groups in total. The maximum absolute atomic E-state index is 6.00. The van der Waals surface area contributed by atoms with Crippen LogP contribution in [0, 0.1) is 0 Å². The number of benzene rings is 1. The van der Waals surface area contributed by atoms with Crippen LogP contribution in [-0.4, -0.2) is 17.9 Å². The molecule has 0 radical (unpaired) electrons. The summed E-state index contributed by atoms with van der Waals surface area (Å²) in [6.07, 6.45) is 2.98. The zero-order chi connectivity index (χ0) is 14.7. The molecular weight excluding hydrogens is 311 g/mol. The van der Waals surface area contributed by atoms with E-state index in [1.165, 1.54) is 0 Å². The molecule has 1 aromatic carbocycles. The highest BCUT2D eigenvalue weighted by molar-refractivity contribution is 6.42. The van der Waals surface area contributed by atoms with E-state index in [-0.39, 0.29) is 6.23 Å². The van der Waals surface area contributed by atoms with Gasteiger partial charge in [-0.2, -0.15) is 0 Å². The summed E-state index contributed by atoms with van der Waals surface area (Å²) in [5.41, 5.74) is 1.84. The van der Waals surface area contributed by atoms with Gasteiger partial charge in [0.2, 0.25) is 0 Å². The van der Waals surface area contributed by atoms with Crippen molar-refractivity contribution in [1.29, 1.82) is 0 Å². The molecule has 1 aliphatic rings. The zero-order valence-electron chi connectivity index (χ0n) is 11.4. The van der Waals surface area contributed by atoms with Crippen molar-refractivity contribution in [2.24, 2.45) is 0 Å². The Morgan fingerprint density at radius 3 is 2.95 bits per heavy atom. The summed E-state index contributed by atoms with van der Waals surface area (Å²) in [7, 11) is 0. The molecule has 1 saturated heterocycles. The van der Waals surface area contributed by atoms with Gasteiger partial charge in [0.25, 0.3) is 0 Å². The van der Waals surface area contributed by atoms with Crippen LogP contribution in [-0.2, 0) is 17.8 Å². The summed E-state index contributed by atoms with van der Waals surface area (Å²) >= 11 is 11.9. The Labute approximate surface area is 133 Å². The van der Waals surface area contributed by atoms with Crippen LogP contribution in [0.2, 0.25) is 10.0 Å². The van der Waals surface area contributed by atoms with E-state index in [9.17, 15) is 0 Å². The van der Waals surface area contributed by atoms with Crippen LogP contribution >= 0.6 is 23.2 Å². The molecule has 3 rings (SSSR count). The number of hydrogen-bond donors (Lipinski definition) is 1. The molecule has 2 heterocycles. The molecule has 1 unspecified atom stereocenters. The van der Waals surface area contributed by atoms with Gasteiger partial charge in [0.05, 0.1) is 16.7 Å². The second-order valence-corrected chi connectivity index (χ2v) is 5.92. The largest absolute Gasteiger partial charge is 0.361 e. The second kappa shape index (κ2) is 6.79. The van der Waals surface area contributed by atoms with Gasteiger partial charge < -0.3 is 9.26 Å². The van der Waals surface area contributed by atoms with E-state index in [0.29, 0.717) is 23.1 Å². The fourth-order valence-electron chi connectivity index (χ4n) is 2.34. The average Bonchev–Trinajstić information content (AvgIpc) is 3.12. The standard InChI is InChI=1S/C15H16Cl2N2O2/c16-13-4-3-10(7-14(13)17)6-12-8-11(19-21-12)9-20-15-2-1-5-18-15/h3-4,7-8,15,18H,1-2,5-6,9H2. The minimum Gasteiger partial charge on any atom is -0.361 e. The SMILES string of the molecule is Clc1ccc(Cc2cc(COC3CCCN3)no2)cc1Cl. The number of nitrogens with one attached hydrogen (secondary N) is 1. The Balaban J connectivity index is 1.57. The lowest BCUT2D eigenvalue weighted by Crippen LogP contribution is -2.24. The number of aromatic nitrogens is 1. The molecule has 0 saturated carbocycles. The molecule has 4 nitrogen and oxygen atoms in total. The third-order valence-corrected chi connectivity index (χ3v) is 4.16. The summed E-state index contributed by atoms with van der Waals surface area (Å²) in [6.45, 7) is 1.48. The monoisotopic (exact) mass is 326 g/mol. The van der Waals surface area contributed by atoms with Crippen molar-refractivity contribution < 1.29 is 9.26 Å². The molecule has 21 heavy (non-hydrogen) atoms. The summed E-state index contributed by atoms with van der Waals surface area (Å²) in [5.74, 6) is 0.784. The first kappa shape index (κ1) is 14.9. The normalized spacial score (nSPS) is 18.3. The van der Waals surface area contributed by atoms with Crippen LogP contribution in [0.1, 0.15) is 29.9 Å². The first-order chi connectivity index (χ1) is 10.2. The van der Waals surface area contributed by atoms with Crippen molar-refractivity contribution in [1.82, 2.24) is 10.5 Å². The maximum atomic E-state index is 6.00. The van der Waals surface area contributed by atoms with Gasteiger partial charge in [0.1, 0.15) is 17.7 Å². The zero-order valence-corrected chi connectivity index (χ0v) is 13.0. The van der Waals surface area contributed by atoms with Gasteiger partial charge in [-0.15, -0.1) is 0 Å². The van der Waals surface area contributed by atoms with Crippen LogP contribution < -0.4 is 5.32 Å². The molecule has 1 atom stereocenters. The van der Waals surface area contributed by atoms with E-state index < -0.39 is 0 Å². The fourth-order valence-corrected chi connectivity index (χ4v) is 2.66. The van der Waals surface area contributed by atoms with Crippen molar-refractivity contribution in [2.45, 2.75) is 32.1 Å². The van der Waals surface area contributed by atoms with Gasteiger partial charge in [0, 0.05) is 12.5 Å². The predicted octanol–water partition coefficient (Wildman–Crippen LogP) is 3.80. The van der Waals surface area contributed by atoms with Crippen molar-refractivity contribution in [3.8, 4) is 0 Å². The van der Waals surface area contributed by atoms with Gasteiger partial charge in [-0.05, 0) is 37.1 Å². The minimum atomic E-state index is 0.139. The molecular formula is C15H16Cl2N2O2. The topological polar surface area (TPSA) is 47.3 Å². The molecule has 2 aromatic rings. The Morgan fingerprint density at radius 1 is 1.29 bits per heavy atom. The average molecular weight is 327 g/mol. The first-order valence-electron chi connectivity index (χ1n) is 6.94. The molecule has 112 valence electrons. The second-order valence-electron chi connectivity index (χ2n) is 5.11. The number of ether oxygens (including phenoxy) is 1. The third-order valence-electron chi connectivity index (χ3n) is 3.42. The van der Waals surface area contributed by atoms with Gasteiger partial charge >= 0.3 is 0 Å². The van der Waals surface area contributed by atoms with Crippen LogP contribution in [0.25, 0.3) is 0 Å². The Hall–Kier alpha value is -1.07. The Morgan fingerprint density at radius 2 is 2.19 bits per heavy atom. The number of halogens is 2. The lowest BCUT2D eigenvalue weighted by Gasteiger charge is -2.09. The van der Waals surface area contributed by atoms with E-state index in [2.05, 4.69) is 10.5 Å². The van der Waals surface area contributed by atoms with Crippen LogP contribution in [0.3, 0.4) is 0 Å². The van der Waals surface area contributed by atoms with Gasteiger partial charge in [-0.25, -0.2) is 0 Å². The quantitative estimate of drug-likeness (QED) is 0.907. The van der Waals surface area contributed by atoms with E-state index in [0.717, 1.165) is 36.4 Å². The fraction of sp³-hybridized carbons (Fsp3) is 0.400. The summed E-state index contributed by atoms with van der Waals surface area (Å²) in [5, 5.41) is 8.40. The van der Waals surface area contributed by atoms with Gasteiger partial charge in [0.15, 0.2) is 0 Å². The third kappa shape index (κ3) is 3.98. The highest BCUT2D eigenvalue weighted by Crippen LogP contribution is 2.24. The number of hydrogen-bond acceptors (Lipinski definition) is 4. The van der Waals surface area contributed by atoms with Crippen LogP contribution in [0.4, 0.5) is 0 Å². The molecule has 0 bridgehead atoms. The van der Waals surface area contributed by atoms with E-state index in [4.69, 9.17) is 32.5 Å². The molecule has 6 heteroatoms. The molecule has 0 amide bonds. The lowest BCUT2D eigenvalue weighted by molar-refractivity contribution is 0.0281. The number of rotatable bonds is 5. The highest BCUT2D eigenvalue weighted by atomic mass is 35.5. The predicted molar refractivity (Wildman–Crippen MR) is 81.6 cm³/mol. The van der Waals surface area contributed by atoms with E-state index in [1.807, 2.05) is 18.2 Å². The molecule has 1 aromatic heterocycles. The summed E-state index contributed by atoms with van der Waals surface area (Å²) in [4.78, 5) is 0. The first-order valence-corrected chi connectivity index (χ1v) is 7.70. The Bertz CT molecular complexity index is 609. The Kier molecular flexibility index (Phi) is 4.80. The van der Waals surface area contributed by atoms with Crippen LogP contribution in [0.5, 0.6) is 0 Å². The van der Waals surface area contributed by atoms with E-state index in [1.54, 1.807) is 6.07 Å². The highest BCUT2D eigenvalue weighted by Gasteiger charge is 2.15. The van der Waals surface area contributed by atoms with Crippen LogP contribution in [0.15, 0.2) is 28.8 Å². The summed E-state index contributed by atoms with van der Waals surface area (Å²) < 4.78 is 11.0. The van der Waals surface area contributed by atoms with Crippen molar-refractivity contribution >= 4 is 23.2 Å². The molecule has 1 fully saturated rings. The molecule has 0 spiro atoms. The van der Waals surface area contributed by atoms with E-state index >= 15 is 0 Å². The van der Waals surface area contributed by atoms with Gasteiger partial charge in [-0.1, -0.05) is 34.4 Å². The smallest absolute Gasteiger partial charge is 0.141 e. The van der Waals surface area contributed by atoms with Crippen molar-refractivity contribution in [3.05, 3.63) is 51.3 Å². The van der Waals surface area contributed by atoms with Crippen molar-refractivity contribution in [3.63, 3.8) is 0 Å². The number of nitrogens with zero attached hydrogens (tertiary/aromatic N) is 1. The summed E-state index contributed by atoms with van der Waals surface area (Å²) in [6, 6.07) is 7.46.